The molecule has 0 radical (unpaired) electrons. The lowest BCUT2D eigenvalue weighted by Crippen LogP contribution is -2.27. The first-order valence-electron chi connectivity index (χ1n) is 5.76. The largest absolute Gasteiger partial charge is 0.477 e. The van der Waals surface area contributed by atoms with Crippen LogP contribution in [0.3, 0.4) is 0 Å². The summed E-state index contributed by atoms with van der Waals surface area (Å²) in [4.78, 5) is 35.4. The topological polar surface area (TPSA) is 105 Å². The summed E-state index contributed by atoms with van der Waals surface area (Å²) in [5, 5.41) is 12.3. The summed E-state index contributed by atoms with van der Waals surface area (Å²) in [6.45, 7) is 3.73. The van der Waals surface area contributed by atoms with Gasteiger partial charge in [0.25, 0.3) is 5.91 Å². The molecule has 0 aromatic carbocycles. The van der Waals surface area contributed by atoms with Gasteiger partial charge in [-0.2, -0.15) is 0 Å². The molecule has 2 aromatic rings. The summed E-state index contributed by atoms with van der Waals surface area (Å²) in [7, 11) is 0. The van der Waals surface area contributed by atoms with Crippen molar-refractivity contribution >= 4 is 23.2 Å². The molecule has 0 aliphatic carbocycles. The van der Waals surface area contributed by atoms with Crippen LogP contribution in [0.1, 0.15) is 43.8 Å². The fourth-order valence-electron chi connectivity index (χ4n) is 1.50. The molecule has 2 rings (SSSR count). The molecular formula is C12H12N4O3S. The highest BCUT2D eigenvalue weighted by molar-refractivity contribution is 7.11. The zero-order chi connectivity index (χ0) is 14.7. The van der Waals surface area contributed by atoms with Crippen LogP contribution in [0.25, 0.3) is 0 Å². The molecule has 20 heavy (non-hydrogen) atoms. The number of nitrogens with zero attached hydrogens (tertiary/aromatic N) is 3. The maximum absolute atomic E-state index is 12.0. The van der Waals surface area contributed by atoms with Crippen molar-refractivity contribution in [1.29, 1.82) is 0 Å². The number of hydrogen-bond donors (Lipinski definition) is 2. The summed E-state index contributed by atoms with van der Waals surface area (Å²) in [6.07, 6.45) is 2.78. The Morgan fingerprint density at radius 1 is 1.30 bits per heavy atom. The van der Waals surface area contributed by atoms with Crippen molar-refractivity contribution in [3.8, 4) is 0 Å². The standard InChI is InChI=1S/C12H12N4O3S/c1-6-4-13-11(20-6)7(2)16-10(17)8-3-9(12(18)19)15-5-14-8/h3-5,7H,1-2H3,(H,16,17)(H,18,19). The highest BCUT2D eigenvalue weighted by atomic mass is 32.1. The molecule has 2 N–H and O–H groups in total. The van der Waals surface area contributed by atoms with Crippen LogP contribution in [-0.2, 0) is 0 Å². The minimum absolute atomic E-state index is 0.0116. The fourth-order valence-corrected chi connectivity index (χ4v) is 2.28. The van der Waals surface area contributed by atoms with E-state index in [1.165, 1.54) is 11.3 Å². The highest BCUT2D eigenvalue weighted by Crippen LogP contribution is 2.19. The molecule has 1 unspecified atom stereocenters. The van der Waals surface area contributed by atoms with Crippen LogP contribution in [0.15, 0.2) is 18.6 Å². The van der Waals surface area contributed by atoms with Crippen molar-refractivity contribution in [2.75, 3.05) is 0 Å². The van der Waals surface area contributed by atoms with Gasteiger partial charge in [-0.25, -0.2) is 19.7 Å². The Kier molecular flexibility index (Phi) is 4.04. The first-order chi connectivity index (χ1) is 9.47. The van der Waals surface area contributed by atoms with Crippen LogP contribution in [-0.4, -0.2) is 31.9 Å². The van der Waals surface area contributed by atoms with Gasteiger partial charge in [0.05, 0.1) is 6.04 Å². The summed E-state index contributed by atoms with van der Waals surface area (Å²) in [5.74, 6) is -1.67. The zero-order valence-electron chi connectivity index (χ0n) is 10.8. The third-order valence-corrected chi connectivity index (χ3v) is 3.57. The molecule has 0 saturated heterocycles. The number of aryl methyl sites for hydroxylation is 1. The van der Waals surface area contributed by atoms with Gasteiger partial charge in [-0.3, -0.25) is 4.79 Å². The number of hydrogen-bond acceptors (Lipinski definition) is 6. The highest BCUT2D eigenvalue weighted by Gasteiger charge is 2.16. The molecule has 0 spiro atoms. The van der Waals surface area contributed by atoms with Crippen molar-refractivity contribution in [3.63, 3.8) is 0 Å². The molecule has 0 bridgehead atoms. The molecule has 0 aliphatic heterocycles. The number of amides is 1. The predicted octanol–water partition coefficient (Wildman–Crippen LogP) is 1.43. The summed E-state index contributed by atoms with van der Waals surface area (Å²) in [5.41, 5.74) is -0.208. The van der Waals surface area contributed by atoms with Crippen LogP contribution in [0, 0.1) is 6.92 Å². The van der Waals surface area contributed by atoms with Crippen LogP contribution in [0.4, 0.5) is 0 Å². The number of nitrogens with one attached hydrogen (secondary N) is 1. The van der Waals surface area contributed by atoms with Gasteiger partial charge in [0, 0.05) is 17.1 Å². The number of aromatic carboxylic acids is 1. The van der Waals surface area contributed by atoms with E-state index >= 15 is 0 Å². The molecule has 1 atom stereocenters. The lowest BCUT2D eigenvalue weighted by Gasteiger charge is -2.10. The van der Waals surface area contributed by atoms with Gasteiger partial charge in [0.2, 0.25) is 0 Å². The monoisotopic (exact) mass is 292 g/mol. The number of aromatic nitrogens is 3. The van der Waals surface area contributed by atoms with E-state index in [9.17, 15) is 9.59 Å². The van der Waals surface area contributed by atoms with E-state index < -0.39 is 11.9 Å². The average Bonchev–Trinajstić information content (AvgIpc) is 2.85. The SMILES string of the molecule is Cc1cnc(C(C)NC(=O)c2cc(C(=O)O)ncn2)s1. The Bertz CT molecular complexity index is 656. The van der Waals surface area contributed by atoms with Gasteiger partial charge in [-0.15, -0.1) is 11.3 Å². The van der Waals surface area contributed by atoms with Gasteiger partial charge in [-0.1, -0.05) is 0 Å². The summed E-state index contributed by atoms with van der Waals surface area (Å²) >= 11 is 1.49. The molecule has 0 fully saturated rings. The molecule has 0 saturated carbocycles. The lowest BCUT2D eigenvalue weighted by molar-refractivity contribution is 0.0690. The Morgan fingerprint density at radius 2 is 2.00 bits per heavy atom. The smallest absolute Gasteiger partial charge is 0.354 e. The Hall–Kier alpha value is -2.35. The molecule has 104 valence electrons. The van der Waals surface area contributed by atoms with E-state index in [1.54, 1.807) is 13.1 Å². The first-order valence-corrected chi connectivity index (χ1v) is 6.57. The Morgan fingerprint density at radius 3 is 2.60 bits per heavy atom. The van der Waals surface area contributed by atoms with Crippen molar-refractivity contribution in [2.45, 2.75) is 19.9 Å². The van der Waals surface area contributed by atoms with Crippen LogP contribution >= 0.6 is 11.3 Å². The van der Waals surface area contributed by atoms with E-state index in [1.807, 2.05) is 6.92 Å². The van der Waals surface area contributed by atoms with Gasteiger partial charge in [0.1, 0.15) is 17.0 Å². The minimum Gasteiger partial charge on any atom is -0.477 e. The van der Waals surface area contributed by atoms with Crippen molar-refractivity contribution < 1.29 is 14.7 Å². The maximum atomic E-state index is 12.0. The molecule has 2 aromatic heterocycles. The second-order valence-electron chi connectivity index (χ2n) is 4.10. The second kappa shape index (κ2) is 5.74. The number of carbonyl (C=O) groups is 2. The molecule has 0 aliphatic rings. The summed E-state index contributed by atoms with van der Waals surface area (Å²) < 4.78 is 0. The molecular weight excluding hydrogens is 280 g/mol. The van der Waals surface area contributed by atoms with Crippen LogP contribution in [0.2, 0.25) is 0 Å². The van der Waals surface area contributed by atoms with Crippen LogP contribution in [0.5, 0.6) is 0 Å². The molecule has 2 heterocycles. The van der Waals surface area contributed by atoms with Gasteiger partial charge < -0.3 is 10.4 Å². The number of carbonyl (C=O) groups excluding carboxylic acids is 1. The molecule has 8 heteroatoms. The van der Waals surface area contributed by atoms with E-state index in [4.69, 9.17) is 5.11 Å². The average molecular weight is 292 g/mol. The van der Waals surface area contributed by atoms with E-state index in [0.29, 0.717) is 0 Å². The maximum Gasteiger partial charge on any atom is 0.354 e. The van der Waals surface area contributed by atoms with Crippen molar-refractivity contribution in [1.82, 2.24) is 20.3 Å². The quantitative estimate of drug-likeness (QED) is 0.883. The van der Waals surface area contributed by atoms with E-state index in [2.05, 4.69) is 20.3 Å². The van der Waals surface area contributed by atoms with E-state index in [0.717, 1.165) is 22.3 Å². The number of carboxylic acid groups (broad SMARTS) is 1. The van der Waals surface area contributed by atoms with Gasteiger partial charge >= 0.3 is 5.97 Å². The van der Waals surface area contributed by atoms with Crippen molar-refractivity contribution in [3.05, 3.63) is 39.9 Å². The zero-order valence-corrected chi connectivity index (χ0v) is 11.6. The normalized spacial score (nSPS) is 11.9. The Labute approximate surface area is 118 Å². The number of thiazole rings is 1. The fraction of sp³-hybridized carbons (Fsp3) is 0.250. The van der Waals surface area contributed by atoms with Gasteiger partial charge in [0.15, 0.2) is 5.69 Å². The Balaban J connectivity index is 2.12. The molecule has 1 amide bonds. The lowest BCUT2D eigenvalue weighted by atomic mass is 10.3. The third-order valence-electron chi connectivity index (χ3n) is 2.48. The molecule has 7 nitrogen and oxygen atoms in total. The van der Waals surface area contributed by atoms with E-state index in [-0.39, 0.29) is 17.4 Å². The number of rotatable bonds is 4. The van der Waals surface area contributed by atoms with Crippen molar-refractivity contribution in [2.24, 2.45) is 0 Å². The van der Waals surface area contributed by atoms with Crippen LogP contribution < -0.4 is 5.32 Å². The second-order valence-corrected chi connectivity index (χ2v) is 5.36. The number of carboxylic acids is 1. The minimum atomic E-state index is -1.20. The van der Waals surface area contributed by atoms with Gasteiger partial charge in [-0.05, 0) is 13.8 Å². The third kappa shape index (κ3) is 3.15. The predicted molar refractivity (Wildman–Crippen MR) is 71.7 cm³/mol. The summed E-state index contributed by atoms with van der Waals surface area (Å²) in [6, 6.07) is 0.863. The first kappa shape index (κ1) is 14.1.